The number of hydrogen-bond donors (Lipinski definition) is 3. The van der Waals surface area contributed by atoms with Crippen molar-refractivity contribution in [3.8, 4) is 0 Å². The molecule has 0 aliphatic carbocycles. The number of thioether (sulfide) groups is 2. The number of halogens is 1. The summed E-state index contributed by atoms with van der Waals surface area (Å²) >= 11 is 9.95. The van der Waals surface area contributed by atoms with Crippen LogP contribution in [0.15, 0.2) is 23.1 Å². The molecule has 1 saturated heterocycles. The lowest BCUT2D eigenvalue weighted by Crippen LogP contribution is -2.28. The van der Waals surface area contributed by atoms with Crippen molar-refractivity contribution < 1.29 is 0 Å². The number of rotatable bonds is 13. The Morgan fingerprint density at radius 2 is 1.91 bits per heavy atom. The quantitative estimate of drug-likeness (QED) is 0.191. The highest BCUT2D eigenvalue weighted by molar-refractivity contribution is 8.03. The van der Waals surface area contributed by atoms with E-state index < -0.39 is 0 Å². The van der Waals surface area contributed by atoms with Gasteiger partial charge in [0, 0.05) is 22.4 Å². The van der Waals surface area contributed by atoms with Gasteiger partial charge in [-0.05, 0) is 49.5 Å². The van der Waals surface area contributed by atoms with E-state index in [1.165, 1.54) is 49.0 Å². The maximum Gasteiger partial charge on any atom is 0.103 e. The Hall–Kier alpha value is 0.0900. The Labute approximate surface area is 213 Å². The molecule has 2 atom stereocenters. The number of nitrogens with two attached hydrogens (primary N) is 1. The fourth-order valence-corrected chi connectivity index (χ4v) is 5.68. The second kappa shape index (κ2) is 21.6. The minimum absolute atomic E-state index is 0.0852. The zero-order valence-corrected chi connectivity index (χ0v) is 23.9. The smallest absolute Gasteiger partial charge is 0.103 e. The lowest BCUT2D eigenvalue weighted by atomic mass is 10.1. The van der Waals surface area contributed by atoms with E-state index in [2.05, 4.69) is 50.5 Å². The van der Waals surface area contributed by atoms with Gasteiger partial charge in [0.15, 0.2) is 0 Å². The third kappa shape index (κ3) is 16.7. The number of benzene rings is 1. The van der Waals surface area contributed by atoms with Gasteiger partial charge in [-0.1, -0.05) is 91.3 Å². The molecule has 1 aliphatic heterocycles. The molecule has 2 rings (SSSR count). The van der Waals surface area contributed by atoms with Gasteiger partial charge in [0.25, 0.3) is 0 Å². The second-order valence-electron chi connectivity index (χ2n) is 8.41. The third-order valence-electron chi connectivity index (χ3n) is 4.96. The highest BCUT2D eigenvalue weighted by Gasteiger charge is 2.21. The molecule has 1 heterocycles. The summed E-state index contributed by atoms with van der Waals surface area (Å²) in [7, 11) is 0. The molecule has 1 aliphatic rings. The summed E-state index contributed by atoms with van der Waals surface area (Å²) in [4.78, 5) is 1.19. The minimum atomic E-state index is 0.0852. The Kier molecular flexibility index (Phi) is 21.7. The van der Waals surface area contributed by atoms with Gasteiger partial charge in [-0.3, -0.25) is 5.32 Å². The first-order valence-corrected chi connectivity index (χ1v) is 15.0. The molecule has 0 aromatic heterocycles. The average molecular weight is 504 g/mol. The van der Waals surface area contributed by atoms with Gasteiger partial charge in [-0.15, -0.1) is 23.5 Å². The average Bonchev–Trinajstić information content (AvgIpc) is 3.21. The van der Waals surface area contributed by atoms with Crippen LogP contribution in [0.5, 0.6) is 0 Å². The van der Waals surface area contributed by atoms with Crippen LogP contribution in [0.4, 0.5) is 0 Å². The van der Waals surface area contributed by atoms with Crippen LogP contribution in [0.2, 0.25) is 5.02 Å². The van der Waals surface area contributed by atoms with Gasteiger partial charge in [0.05, 0.1) is 5.02 Å². The van der Waals surface area contributed by atoms with Gasteiger partial charge in [-0.2, -0.15) is 0 Å². The summed E-state index contributed by atoms with van der Waals surface area (Å²) in [6.07, 6.45) is 9.30. The third-order valence-corrected chi connectivity index (χ3v) is 8.01. The monoisotopic (exact) mass is 503 g/mol. The summed E-state index contributed by atoms with van der Waals surface area (Å²) in [5.74, 6) is 1.95. The molecule has 3 nitrogen and oxygen atoms in total. The first-order chi connectivity index (χ1) is 15.5. The zero-order valence-electron chi connectivity index (χ0n) is 21.5. The van der Waals surface area contributed by atoms with Crippen molar-refractivity contribution in [1.82, 2.24) is 10.6 Å². The minimum Gasteiger partial charge on any atom is -0.316 e. The standard InChI is InChI=1S/C15H24ClN3S2.C9H20.C2H6/c1-2-6-18-7-5-11-3-4-13(16)14(8-11)20-10-12-9-19-15(17)21-12;1-4-5-6-7-8-9(2)3;1-2/h3-4,8,12,15,18-19H,2,5-7,9-10,17H2,1H3;9H,4-8H2,1-3H3;1-2H3. The molecule has 1 fully saturated rings. The van der Waals surface area contributed by atoms with Crippen LogP contribution in [0.25, 0.3) is 0 Å². The fraction of sp³-hybridized carbons (Fsp3) is 0.769. The molecule has 1 aromatic carbocycles. The molecule has 6 heteroatoms. The first kappa shape index (κ1) is 32.1. The van der Waals surface area contributed by atoms with Crippen LogP contribution >= 0.6 is 35.1 Å². The first-order valence-electron chi connectivity index (χ1n) is 12.7. The Morgan fingerprint density at radius 3 is 2.50 bits per heavy atom. The Morgan fingerprint density at radius 1 is 1.16 bits per heavy atom. The van der Waals surface area contributed by atoms with E-state index in [-0.39, 0.29) is 5.50 Å². The molecule has 0 spiro atoms. The van der Waals surface area contributed by atoms with Gasteiger partial charge in [0.2, 0.25) is 0 Å². The molecule has 0 amide bonds. The van der Waals surface area contributed by atoms with E-state index in [4.69, 9.17) is 17.3 Å². The molecular formula is C26H50ClN3S2. The molecule has 32 heavy (non-hydrogen) atoms. The molecule has 0 bridgehead atoms. The van der Waals surface area contributed by atoms with Crippen molar-refractivity contribution in [2.24, 2.45) is 11.7 Å². The SMILES string of the molecule is CC.CCCCCCC(C)C.CCCNCCc1ccc(Cl)c(SCC2CNC(N)S2)c1. The summed E-state index contributed by atoms with van der Waals surface area (Å²) in [5.41, 5.74) is 7.27. The maximum absolute atomic E-state index is 6.31. The van der Waals surface area contributed by atoms with E-state index in [1.54, 1.807) is 11.8 Å². The van der Waals surface area contributed by atoms with Crippen molar-refractivity contribution in [1.29, 1.82) is 0 Å². The van der Waals surface area contributed by atoms with Gasteiger partial charge >= 0.3 is 0 Å². The lowest BCUT2D eigenvalue weighted by Gasteiger charge is -2.11. The second-order valence-corrected chi connectivity index (χ2v) is 11.3. The maximum atomic E-state index is 6.31. The molecule has 0 saturated carbocycles. The highest BCUT2D eigenvalue weighted by Crippen LogP contribution is 2.32. The fourth-order valence-electron chi connectivity index (χ4n) is 3.16. The van der Waals surface area contributed by atoms with Gasteiger partial charge in [-0.25, -0.2) is 0 Å². The van der Waals surface area contributed by atoms with Crippen LogP contribution in [0.3, 0.4) is 0 Å². The summed E-state index contributed by atoms with van der Waals surface area (Å²) in [6.45, 7) is 16.1. The summed E-state index contributed by atoms with van der Waals surface area (Å²) < 4.78 is 0. The van der Waals surface area contributed by atoms with E-state index >= 15 is 0 Å². The van der Waals surface area contributed by atoms with Crippen molar-refractivity contribution in [3.05, 3.63) is 28.8 Å². The summed E-state index contributed by atoms with van der Waals surface area (Å²) in [6, 6.07) is 6.38. The number of nitrogens with one attached hydrogen (secondary N) is 2. The highest BCUT2D eigenvalue weighted by atomic mass is 35.5. The Balaban J connectivity index is 0.000000738. The van der Waals surface area contributed by atoms with Crippen molar-refractivity contribution >= 4 is 35.1 Å². The van der Waals surface area contributed by atoms with Crippen LogP contribution in [0, 0.1) is 5.92 Å². The van der Waals surface area contributed by atoms with E-state index in [0.717, 1.165) is 42.7 Å². The molecule has 4 N–H and O–H groups in total. The molecule has 0 radical (unpaired) electrons. The largest absolute Gasteiger partial charge is 0.316 e. The van der Waals surface area contributed by atoms with Gasteiger partial charge < -0.3 is 11.1 Å². The lowest BCUT2D eigenvalue weighted by molar-refractivity contribution is 0.525. The van der Waals surface area contributed by atoms with E-state index in [9.17, 15) is 0 Å². The van der Waals surface area contributed by atoms with Crippen LogP contribution in [-0.4, -0.2) is 36.1 Å². The van der Waals surface area contributed by atoms with Crippen molar-refractivity contribution in [2.45, 2.75) is 102 Å². The Bertz CT molecular complexity index is 558. The predicted molar refractivity (Wildman–Crippen MR) is 151 cm³/mol. The van der Waals surface area contributed by atoms with E-state index in [1.807, 2.05) is 31.7 Å². The van der Waals surface area contributed by atoms with Crippen molar-refractivity contribution in [2.75, 3.05) is 25.4 Å². The molecular weight excluding hydrogens is 454 g/mol. The summed E-state index contributed by atoms with van der Waals surface area (Å²) in [5, 5.41) is 8.11. The number of unbranched alkanes of at least 4 members (excludes halogenated alkanes) is 3. The number of hydrogen-bond acceptors (Lipinski definition) is 5. The zero-order chi connectivity index (χ0) is 24.2. The molecule has 2 unspecified atom stereocenters. The normalized spacial score (nSPS) is 17.5. The van der Waals surface area contributed by atoms with Crippen molar-refractivity contribution in [3.63, 3.8) is 0 Å². The van der Waals surface area contributed by atoms with Crippen LogP contribution in [0.1, 0.15) is 85.6 Å². The van der Waals surface area contributed by atoms with Gasteiger partial charge in [0.1, 0.15) is 5.50 Å². The molecule has 1 aromatic rings. The topological polar surface area (TPSA) is 50.1 Å². The predicted octanol–water partition coefficient (Wildman–Crippen LogP) is 7.56. The molecule has 188 valence electrons. The van der Waals surface area contributed by atoms with Crippen LogP contribution in [-0.2, 0) is 6.42 Å². The van der Waals surface area contributed by atoms with Crippen LogP contribution < -0.4 is 16.4 Å². The van der Waals surface area contributed by atoms with E-state index in [0.29, 0.717) is 5.25 Å².